The lowest BCUT2D eigenvalue weighted by atomic mass is 10.2. The normalized spacial score (nSPS) is 12.1. The molecule has 0 aliphatic rings. The maximum atomic E-state index is 12.8. The number of thioether (sulfide) groups is 1. The number of nitrogens with zero attached hydrogens (tertiary/aromatic N) is 3. The van der Waals surface area contributed by atoms with Gasteiger partial charge in [0.05, 0.1) is 10.1 Å². The average Bonchev–Trinajstić information content (AvgIpc) is 3.31. The van der Waals surface area contributed by atoms with Crippen molar-refractivity contribution in [2.45, 2.75) is 30.8 Å². The first kappa shape index (κ1) is 17.7. The predicted octanol–water partition coefficient (Wildman–Crippen LogP) is 4.06. The molecule has 25 heavy (non-hydrogen) atoms. The van der Waals surface area contributed by atoms with Crippen LogP contribution in [0, 0.1) is 0 Å². The molecule has 1 N–H and O–H groups in total. The predicted molar refractivity (Wildman–Crippen MR) is 103 cm³/mol. The van der Waals surface area contributed by atoms with Crippen molar-refractivity contribution in [1.82, 2.24) is 20.1 Å². The first-order valence-corrected chi connectivity index (χ1v) is 9.89. The number of nitrogens with one attached hydrogen (secondary N) is 1. The summed E-state index contributed by atoms with van der Waals surface area (Å²) >= 11 is 2.99. The van der Waals surface area contributed by atoms with E-state index in [0.29, 0.717) is 18.2 Å². The van der Waals surface area contributed by atoms with Gasteiger partial charge in [-0.1, -0.05) is 48.2 Å². The molecule has 0 aliphatic carbocycles. The van der Waals surface area contributed by atoms with Crippen molar-refractivity contribution in [3.8, 4) is 10.7 Å². The van der Waals surface area contributed by atoms with Gasteiger partial charge in [0, 0.05) is 13.1 Å². The van der Waals surface area contributed by atoms with E-state index in [-0.39, 0.29) is 11.2 Å². The molecule has 1 amide bonds. The van der Waals surface area contributed by atoms with Crippen molar-refractivity contribution in [2.75, 3.05) is 6.54 Å². The second-order valence-electron chi connectivity index (χ2n) is 5.54. The lowest BCUT2D eigenvalue weighted by Crippen LogP contribution is -2.36. The Morgan fingerprint density at radius 2 is 2.08 bits per heavy atom. The fourth-order valence-electron chi connectivity index (χ4n) is 2.44. The first-order valence-electron chi connectivity index (χ1n) is 8.13. The molecule has 3 aromatic rings. The molecule has 0 saturated carbocycles. The van der Waals surface area contributed by atoms with Crippen molar-refractivity contribution in [1.29, 1.82) is 0 Å². The Morgan fingerprint density at radius 3 is 2.76 bits per heavy atom. The third kappa shape index (κ3) is 4.49. The summed E-state index contributed by atoms with van der Waals surface area (Å²) in [7, 11) is 0. The van der Waals surface area contributed by atoms with Crippen molar-refractivity contribution >= 4 is 29.0 Å². The Kier molecular flexibility index (Phi) is 5.88. The molecule has 0 radical (unpaired) electrons. The summed E-state index contributed by atoms with van der Waals surface area (Å²) in [4.78, 5) is 20.1. The van der Waals surface area contributed by atoms with Gasteiger partial charge in [0.25, 0.3) is 0 Å². The van der Waals surface area contributed by atoms with Crippen LogP contribution >= 0.6 is 23.1 Å². The largest absolute Gasteiger partial charge is 0.338 e. The molecule has 0 bridgehead atoms. The van der Waals surface area contributed by atoms with Gasteiger partial charge in [0.1, 0.15) is 0 Å². The zero-order valence-corrected chi connectivity index (χ0v) is 15.8. The van der Waals surface area contributed by atoms with E-state index in [1.165, 1.54) is 11.8 Å². The van der Waals surface area contributed by atoms with Crippen molar-refractivity contribution in [3.05, 3.63) is 53.4 Å². The summed E-state index contributed by atoms with van der Waals surface area (Å²) in [5.41, 5.74) is 1.13. The molecular weight excluding hydrogens is 352 g/mol. The van der Waals surface area contributed by atoms with E-state index in [4.69, 9.17) is 0 Å². The van der Waals surface area contributed by atoms with Crippen LogP contribution in [0.15, 0.2) is 53.0 Å². The molecular formula is C18H20N4OS2. The highest BCUT2D eigenvalue weighted by Crippen LogP contribution is 2.26. The number of amides is 1. The smallest absolute Gasteiger partial charge is 0.236 e. The molecule has 0 fully saturated rings. The van der Waals surface area contributed by atoms with E-state index >= 15 is 0 Å². The van der Waals surface area contributed by atoms with Gasteiger partial charge in [-0.15, -0.1) is 16.4 Å². The van der Waals surface area contributed by atoms with E-state index in [1.807, 2.05) is 66.6 Å². The fourth-order valence-corrected chi connectivity index (χ4v) is 3.91. The number of aromatic amines is 1. The maximum absolute atomic E-state index is 12.8. The van der Waals surface area contributed by atoms with Gasteiger partial charge in [-0.25, -0.2) is 4.98 Å². The van der Waals surface area contributed by atoms with Gasteiger partial charge in [-0.05, 0) is 30.9 Å². The summed E-state index contributed by atoms with van der Waals surface area (Å²) in [6.45, 7) is 5.20. The molecule has 0 unspecified atom stereocenters. The van der Waals surface area contributed by atoms with E-state index in [1.54, 1.807) is 11.3 Å². The monoisotopic (exact) mass is 372 g/mol. The maximum Gasteiger partial charge on any atom is 0.236 e. The van der Waals surface area contributed by atoms with Crippen molar-refractivity contribution in [3.63, 3.8) is 0 Å². The number of aromatic nitrogens is 3. The molecule has 130 valence electrons. The molecule has 1 aromatic carbocycles. The number of hydrogen-bond donors (Lipinski definition) is 1. The molecule has 1 atom stereocenters. The molecule has 5 nitrogen and oxygen atoms in total. The van der Waals surface area contributed by atoms with Gasteiger partial charge < -0.3 is 4.90 Å². The minimum atomic E-state index is -0.240. The Morgan fingerprint density at radius 1 is 1.28 bits per heavy atom. The van der Waals surface area contributed by atoms with E-state index < -0.39 is 0 Å². The van der Waals surface area contributed by atoms with Gasteiger partial charge in [-0.3, -0.25) is 9.89 Å². The first-order chi connectivity index (χ1) is 12.2. The van der Waals surface area contributed by atoms with Crippen LogP contribution in [0.4, 0.5) is 0 Å². The summed E-state index contributed by atoms with van der Waals surface area (Å²) < 4.78 is 0. The molecule has 0 aliphatic heterocycles. The highest BCUT2D eigenvalue weighted by atomic mass is 32.2. The third-order valence-corrected chi connectivity index (χ3v) is 5.58. The van der Waals surface area contributed by atoms with Crippen LogP contribution in [-0.4, -0.2) is 37.8 Å². The van der Waals surface area contributed by atoms with Crippen LogP contribution in [0.25, 0.3) is 10.7 Å². The quantitative estimate of drug-likeness (QED) is 0.635. The van der Waals surface area contributed by atoms with Crippen molar-refractivity contribution < 1.29 is 4.79 Å². The van der Waals surface area contributed by atoms with Crippen LogP contribution in [0.5, 0.6) is 0 Å². The summed E-state index contributed by atoms with van der Waals surface area (Å²) in [6.07, 6.45) is 0. The number of H-pyrrole nitrogens is 1. The van der Waals surface area contributed by atoms with Crippen molar-refractivity contribution in [2.24, 2.45) is 0 Å². The molecule has 2 aromatic heterocycles. The zero-order chi connectivity index (χ0) is 17.6. The van der Waals surface area contributed by atoms with Gasteiger partial charge in [0.2, 0.25) is 11.1 Å². The minimum Gasteiger partial charge on any atom is -0.338 e. The lowest BCUT2D eigenvalue weighted by molar-refractivity contribution is -0.130. The Hall–Kier alpha value is -2.12. The Balaban J connectivity index is 1.63. The number of carbonyl (C=O) groups is 1. The molecule has 0 saturated heterocycles. The summed E-state index contributed by atoms with van der Waals surface area (Å²) in [6, 6.07) is 14.0. The topological polar surface area (TPSA) is 61.9 Å². The SMILES string of the molecule is CCN(Cc1ccccc1)C(=O)[C@H](C)Sc1n[nH]c(-c2cccs2)n1. The summed E-state index contributed by atoms with van der Waals surface area (Å²) in [5.74, 6) is 0.840. The Labute approximate surface area is 155 Å². The minimum absolute atomic E-state index is 0.0961. The van der Waals surface area contributed by atoms with E-state index in [0.717, 1.165) is 16.3 Å². The molecule has 3 rings (SSSR count). The lowest BCUT2D eigenvalue weighted by Gasteiger charge is -2.23. The number of thiophene rings is 1. The number of carbonyl (C=O) groups excluding carboxylic acids is 1. The number of rotatable bonds is 7. The highest BCUT2D eigenvalue weighted by molar-refractivity contribution is 8.00. The number of benzene rings is 1. The third-order valence-electron chi connectivity index (χ3n) is 3.76. The second kappa shape index (κ2) is 8.31. The van der Waals surface area contributed by atoms with E-state index in [2.05, 4.69) is 15.2 Å². The molecule has 7 heteroatoms. The second-order valence-corrected chi connectivity index (χ2v) is 7.80. The van der Waals surface area contributed by atoms with Crippen LogP contribution in [0.2, 0.25) is 0 Å². The highest BCUT2D eigenvalue weighted by Gasteiger charge is 2.22. The average molecular weight is 373 g/mol. The standard InChI is InChI=1S/C18H20N4OS2/c1-3-22(12-14-8-5-4-6-9-14)17(23)13(2)25-18-19-16(20-21-18)15-10-7-11-24-15/h4-11,13H,3,12H2,1-2H3,(H,19,20,21)/t13-/m0/s1. The van der Waals surface area contributed by atoms with Crippen LogP contribution in [0.3, 0.4) is 0 Å². The van der Waals surface area contributed by atoms with Gasteiger partial charge in [0.15, 0.2) is 5.82 Å². The Bertz CT molecular complexity index is 802. The van der Waals surface area contributed by atoms with Crippen LogP contribution < -0.4 is 0 Å². The van der Waals surface area contributed by atoms with Crippen LogP contribution in [-0.2, 0) is 11.3 Å². The summed E-state index contributed by atoms with van der Waals surface area (Å²) in [5, 5.41) is 9.52. The fraction of sp³-hybridized carbons (Fsp3) is 0.278. The van der Waals surface area contributed by atoms with Gasteiger partial charge >= 0.3 is 0 Å². The number of hydrogen-bond acceptors (Lipinski definition) is 5. The molecule has 2 heterocycles. The van der Waals surface area contributed by atoms with Crippen LogP contribution in [0.1, 0.15) is 19.4 Å². The zero-order valence-electron chi connectivity index (χ0n) is 14.2. The van der Waals surface area contributed by atoms with Gasteiger partial charge in [-0.2, -0.15) is 0 Å². The van der Waals surface area contributed by atoms with E-state index in [9.17, 15) is 4.79 Å². The molecule has 0 spiro atoms.